The molecule has 0 heterocycles. The van der Waals surface area contributed by atoms with E-state index < -0.39 is 12.1 Å². The third kappa shape index (κ3) is 51.8. The first kappa shape index (κ1) is 62.9. The summed E-state index contributed by atoms with van der Waals surface area (Å²) < 4.78 is 0. The molecule has 0 aliphatic heterocycles. The third-order valence-corrected chi connectivity index (χ3v) is 13.9. The van der Waals surface area contributed by atoms with Crippen LogP contribution >= 0.6 is 0 Å². The van der Waals surface area contributed by atoms with E-state index in [0.29, 0.717) is 6.42 Å². The average molecular weight is 901 g/mol. The number of aliphatic hydroxyl groups is 2. The van der Waals surface area contributed by atoms with Crippen LogP contribution in [-0.2, 0) is 4.79 Å². The largest absolute Gasteiger partial charge is 0.394 e. The van der Waals surface area contributed by atoms with Crippen LogP contribution in [-0.4, -0.2) is 34.9 Å². The lowest BCUT2D eigenvalue weighted by molar-refractivity contribution is -0.123. The molecule has 0 spiro atoms. The molecule has 0 aliphatic rings. The quantitative estimate of drug-likeness (QED) is 0.0421. The Morgan fingerprint density at radius 1 is 0.359 bits per heavy atom. The van der Waals surface area contributed by atoms with Gasteiger partial charge in [-0.25, -0.2) is 0 Å². The summed E-state index contributed by atoms with van der Waals surface area (Å²) >= 11 is 0. The molecule has 4 nitrogen and oxygen atoms in total. The van der Waals surface area contributed by atoms with Crippen LogP contribution in [0.25, 0.3) is 0 Å². The lowest BCUT2D eigenvalue weighted by Crippen LogP contribution is -2.45. The zero-order chi connectivity index (χ0) is 46.3. The summed E-state index contributed by atoms with van der Waals surface area (Å²) in [7, 11) is 0. The van der Waals surface area contributed by atoms with E-state index in [1.165, 1.54) is 289 Å². The minimum atomic E-state index is -0.839. The lowest BCUT2D eigenvalue weighted by atomic mass is 10.0. The summed E-state index contributed by atoms with van der Waals surface area (Å²) in [6.45, 7) is 4.35. The standard InChI is InChI=1S/C60H117NO3/c1-3-5-7-9-11-13-15-17-19-21-23-25-27-28-29-30-31-32-34-35-37-39-41-43-45-47-49-51-53-55-59(63)58(57-62)61-60(64)56-54-52-50-48-46-44-42-40-38-36-33-26-24-22-20-18-16-14-12-10-8-6-4-2/h22,24,53,55,58-59,62-63H,3-21,23,25-52,54,56-57H2,1-2H3,(H,61,64)/b24-22-,55-53+. The molecule has 1 amide bonds. The van der Waals surface area contributed by atoms with Gasteiger partial charge < -0.3 is 15.5 Å². The Labute approximate surface area is 402 Å². The van der Waals surface area contributed by atoms with Crippen LogP contribution in [0.2, 0.25) is 0 Å². The van der Waals surface area contributed by atoms with Gasteiger partial charge in [-0.05, 0) is 44.9 Å². The Kier molecular flexibility index (Phi) is 55.2. The molecule has 2 unspecified atom stereocenters. The Morgan fingerprint density at radius 2 is 0.594 bits per heavy atom. The fourth-order valence-electron chi connectivity index (χ4n) is 9.41. The molecule has 0 saturated carbocycles. The van der Waals surface area contributed by atoms with Gasteiger partial charge in [-0.2, -0.15) is 0 Å². The van der Waals surface area contributed by atoms with E-state index in [2.05, 4.69) is 31.3 Å². The van der Waals surface area contributed by atoms with Crippen LogP contribution in [0.1, 0.15) is 335 Å². The highest BCUT2D eigenvalue weighted by atomic mass is 16.3. The zero-order valence-corrected chi connectivity index (χ0v) is 43.8. The molecule has 0 aliphatic carbocycles. The summed E-state index contributed by atoms with van der Waals surface area (Å²) in [6.07, 6.45) is 75.0. The van der Waals surface area contributed by atoms with E-state index >= 15 is 0 Å². The van der Waals surface area contributed by atoms with Crippen LogP contribution in [0.3, 0.4) is 0 Å². The first-order valence-electron chi connectivity index (χ1n) is 29.6. The van der Waals surface area contributed by atoms with E-state index in [1.54, 1.807) is 6.08 Å². The molecule has 0 rings (SSSR count). The van der Waals surface area contributed by atoms with Gasteiger partial charge in [0.2, 0.25) is 5.91 Å². The van der Waals surface area contributed by atoms with E-state index in [1.807, 2.05) is 6.08 Å². The van der Waals surface area contributed by atoms with Gasteiger partial charge in [0.1, 0.15) is 0 Å². The molecule has 0 aromatic carbocycles. The van der Waals surface area contributed by atoms with Crippen LogP contribution < -0.4 is 5.32 Å². The van der Waals surface area contributed by atoms with Crippen molar-refractivity contribution >= 4 is 5.91 Å². The van der Waals surface area contributed by atoms with Crippen molar-refractivity contribution in [3.63, 3.8) is 0 Å². The summed E-state index contributed by atoms with van der Waals surface area (Å²) in [5, 5.41) is 23.2. The number of rotatable bonds is 55. The molecule has 64 heavy (non-hydrogen) atoms. The Balaban J connectivity index is 3.45. The van der Waals surface area contributed by atoms with E-state index in [0.717, 1.165) is 25.7 Å². The molecule has 0 aromatic rings. The monoisotopic (exact) mass is 900 g/mol. The Bertz CT molecular complexity index is 932. The third-order valence-electron chi connectivity index (χ3n) is 13.9. The van der Waals surface area contributed by atoms with Crippen molar-refractivity contribution in [2.75, 3.05) is 6.61 Å². The lowest BCUT2D eigenvalue weighted by Gasteiger charge is -2.20. The number of nitrogens with one attached hydrogen (secondary N) is 1. The van der Waals surface area contributed by atoms with Crippen LogP contribution in [0.15, 0.2) is 24.3 Å². The maximum atomic E-state index is 12.5. The van der Waals surface area contributed by atoms with E-state index in [9.17, 15) is 15.0 Å². The van der Waals surface area contributed by atoms with Crippen molar-refractivity contribution in [2.45, 2.75) is 347 Å². The molecular weight excluding hydrogens is 783 g/mol. The predicted octanol–water partition coefficient (Wildman–Crippen LogP) is 19.5. The van der Waals surface area contributed by atoms with Crippen molar-refractivity contribution in [1.82, 2.24) is 5.32 Å². The predicted molar refractivity (Wildman–Crippen MR) is 286 cm³/mol. The normalized spacial score (nSPS) is 12.9. The van der Waals surface area contributed by atoms with Crippen molar-refractivity contribution in [1.29, 1.82) is 0 Å². The van der Waals surface area contributed by atoms with Crippen molar-refractivity contribution in [2.24, 2.45) is 0 Å². The summed E-state index contributed by atoms with van der Waals surface area (Å²) in [5.74, 6) is -0.0592. The van der Waals surface area contributed by atoms with Crippen LogP contribution in [0, 0.1) is 0 Å². The SMILES string of the molecule is CCCCCCCCCC/C=C\CCCCCCCCCCCCCC(=O)NC(CO)C(O)/C=C/CCCCCCCCCCCCCCCCCCCCCCCCCCCCC. The van der Waals surface area contributed by atoms with Gasteiger partial charge in [0.25, 0.3) is 0 Å². The van der Waals surface area contributed by atoms with Crippen LogP contribution in [0.4, 0.5) is 0 Å². The maximum absolute atomic E-state index is 12.5. The molecular formula is C60H117NO3. The van der Waals surface area contributed by atoms with Gasteiger partial charge >= 0.3 is 0 Å². The van der Waals surface area contributed by atoms with Crippen molar-refractivity contribution in [3.05, 3.63) is 24.3 Å². The molecule has 0 radical (unpaired) electrons. The van der Waals surface area contributed by atoms with Gasteiger partial charge in [-0.15, -0.1) is 0 Å². The highest BCUT2D eigenvalue weighted by Crippen LogP contribution is 2.18. The molecule has 0 bridgehead atoms. The number of hydrogen-bond donors (Lipinski definition) is 3. The van der Waals surface area contributed by atoms with Gasteiger partial charge in [0, 0.05) is 6.42 Å². The molecule has 3 N–H and O–H groups in total. The zero-order valence-electron chi connectivity index (χ0n) is 43.8. The van der Waals surface area contributed by atoms with Gasteiger partial charge in [-0.1, -0.05) is 308 Å². The van der Waals surface area contributed by atoms with Crippen molar-refractivity contribution in [3.8, 4) is 0 Å². The minimum absolute atomic E-state index is 0.0592. The molecule has 380 valence electrons. The topological polar surface area (TPSA) is 69.6 Å². The number of aliphatic hydroxyl groups excluding tert-OH is 2. The second-order valence-electron chi connectivity index (χ2n) is 20.4. The molecule has 4 heteroatoms. The molecule has 0 aromatic heterocycles. The minimum Gasteiger partial charge on any atom is -0.394 e. The highest BCUT2D eigenvalue weighted by molar-refractivity contribution is 5.76. The van der Waals surface area contributed by atoms with Gasteiger partial charge in [0.15, 0.2) is 0 Å². The second kappa shape index (κ2) is 56.2. The number of carbonyl (C=O) groups excluding carboxylic acids is 1. The second-order valence-corrected chi connectivity index (χ2v) is 20.4. The van der Waals surface area contributed by atoms with Gasteiger partial charge in [-0.3, -0.25) is 4.79 Å². The summed E-state index contributed by atoms with van der Waals surface area (Å²) in [5.41, 5.74) is 0. The summed E-state index contributed by atoms with van der Waals surface area (Å²) in [6, 6.07) is -0.622. The average Bonchev–Trinajstić information content (AvgIpc) is 3.30. The fourth-order valence-corrected chi connectivity index (χ4v) is 9.41. The molecule has 2 atom stereocenters. The van der Waals surface area contributed by atoms with Gasteiger partial charge in [0.05, 0.1) is 18.8 Å². The number of amides is 1. The smallest absolute Gasteiger partial charge is 0.220 e. The van der Waals surface area contributed by atoms with E-state index in [4.69, 9.17) is 0 Å². The van der Waals surface area contributed by atoms with Crippen LogP contribution in [0.5, 0.6) is 0 Å². The molecule has 0 saturated heterocycles. The number of allylic oxidation sites excluding steroid dienone is 3. The fraction of sp³-hybridized carbons (Fsp3) is 0.917. The number of hydrogen-bond acceptors (Lipinski definition) is 3. The Morgan fingerprint density at radius 3 is 0.859 bits per heavy atom. The molecule has 0 fully saturated rings. The number of carbonyl (C=O) groups is 1. The first-order chi connectivity index (χ1) is 31.7. The first-order valence-corrected chi connectivity index (χ1v) is 29.6. The summed E-state index contributed by atoms with van der Waals surface area (Å²) in [4.78, 5) is 12.5. The van der Waals surface area contributed by atoms with Crippen molar-refractivity contribution < 1.29 is 15.0 Å². The highest BCUT2D eigenvalue weighted by Gasteiger charge is 2.18. The Hall–Kier alpha value is -1.13. The maximum Gasteiger partial charge on any atom is 0.220 e. The number of unbranched alkanes of at least 4 members (excludes halogenated alkanes) is 46. The van der Waals surface area contributed by atoms with E-state index in [-0.39, 0.29) is 12.5 Å².